The van der Waals surface area contributed by atoms with Crippen molar-refractivity contribution in [1.82, 2.24) is 20.1 Å². The highest BCUT2D eigenvalue weighted by Crippen LogP contribution is 2.07. The molecule has 154 valence electrons. The van der Waals surface area contributed by atoms with Crippen molar-refractivity contribution in [2.75, 3.05) is 39.3 Å². The van der Waals surface area contributed by atoms with Crippen molar-refractivity contribution in [3.63, 3.8) is 0 Å². The first-order valence-electron chi connectivity index (χ1n) is 8.93. The van der Waals surface area contributed by atoms with Gasteiger partial charge in [-0.3, -0.25) is 0 Å². The average Bonchev–Trinajstić information content (AvgIpc) is 2.70. The van der Waals surface area contributed by atoms with E-state index in [-0.39, 0.29) is 22.9 Å². The molecule has 0 aliphatic rings. The first-order chi connectivity index (χ1) is 13.4. The predicted octanol–water partition coefficient (Wildman–Crippen LogP) is 0.123. The Morgan fingerprint density at radius 3 is 1.18 bits per heavy atom. The van der Waals surface area contributed by atoms with E-state index in [9.17, 15) is 16.8 Å². The number of benzene rings is 2. The zero-order chi connectivity index (χ0) is 20.3. The maximum Gasteiger partial charge on any atom is 0.240 e. The van der Waals surface area contributed by atoms with E-state index < -0.39 is 20.0 Å². The Labute approximate surface area is 166 Å². The van der Waals surface area contributed by atoms with Crippen molar-refractivity contribution < 1.29 is 16.8 Å². The van der Waals surface area contributed by atoms with Gasteiger partial charge in [-0.2, -0.15) is 0 Å². The summed E-state index contributed by atoms with van der Waals surface area (Å²) in [6.45, 7) is 2.84. The summed E-state index contributed by atoms with van der Waals surface area (Å²) in [5.74, 6) is 0. The molecule has 0 saturated carbocycles. The molecule has 2 aromatic rings. The van der Waals surface area contributed by atoms with E-state index in [1.54, 1.807) is 60.7 Å². The summed E-state index contributed by atoms with van der Waals surface area (Å²) in [5.41, 5.74) is 0. The van der Waals surface area contributed by atoms with Crippen LogP contribution in [0.15, 0.2) is 70.5 Å². The van der Waals surface area contributed by atoms with Crippen LogP contribution in [0.4, 0.5) is 0 Å². The van der Waals surface area contributed by atoms with E-state index >= 15 is 0 Å². The second-order valence-corrected chi connectivity index (χ2v) is 9.46. The molecule has 0 fully saturated rings. The van der Waals surface area contributed by atoms with Crippen molar-refractivity contribution in [1.29, 1.82) is 0 Å². The maximum atomic E-state index is 12.0. The van der Waals surface area contributed by atoms with E-state index in [2.05, 4.69) is 20.1 Å². The summed E-state index contributed by atoms with van der Waals surface area (Å²) in [6.07, 6.45) is 0. The Bertz CT molecular complexity index is 828. The third-order valence-electron chi connectivity index (χ3n) is 3.77. The lowest BCUT2D eigenvalue weighted by atomic mass is 10.4. The molecule has 0 bridgehead atoms. The highest BCUT2D eigenvalue weighted by Gasteiger charge is 2.12. The van der Waals surface area contributed by atoms with E-state index in [0.717, 1.165) is 0 Å². The van der Waals surface area contributed by atoms with Crippen LogP contribution in [0, 0.1) is 0 Å². The molecule has 0 spiro atoms. The molecule has 4 N–H and O–H groups in total. The fourth-order valence-corrected chi connectivity index (χ4v) is 4.45. The minimum absolute atomic E-state index is 0.245. The van der Waals surface area contributed by atoms with Crippen LogP contribution in [-0.4, -0.2) is 56.1 Å². The van der Waals surface area contributed by atoms with Crippen LogP contribution < -0.4 is 20.1 Å². The third kappa shape index (κ3) is 7.66. The molecule has 0 atom stereocenters. The van der Waals surface area contributed by atoms with Crippen LogP contribution in [0.1, 0.15) is 0 Å². The van der Waals surface area contributed by atoms with Gasteiger partial charge in [-0.1, -0.05) is 36.4 Å². The quantitative estimate of drug-likeness (QED) is 0.338. The van der Waals surface area contributed by atoms with Crippen molar-refractivity contribution in [2.24, 2.45) is 0 Å². The zero-order valence-corrected chi connectivity index (χ0v) is 17.1. The standard InChI is InChI=1S/C18H26N4O4S2/c23-27(24,17-7-3-1-4-8-17)21-15-13-19-11-12-20-14-16-22-28(25,26)18-9-5-2-6-10-18/h1-10,19-22H,11-16H2. The Morgan fingerprint density at radius 2 is 0.821 bits per heavy atom. The molecule has 0 saturated heterocycles. The summed E-state index contributed by atoms with van der Waals surface area (Å²) in [4.78, 5) is 0.490. The smallest absolute Gasteiger partial charge is 0.240 e. The second-order valence-electron chi connectivity index (χ2n) is 5.92. The highest BCUT2D eigenvalue weighted by atomic mass is 32.2. The summed E-state index contributed by atoms with van der Waals surface area (Å²) in [5, 5.41) is 6.23. The van der Waals surface area contributed by atoms with Gasteiger partial charge in [0.25, 0.3) is 0 Å². The van der Waals surface area contributed by atoms with Crippen molar-refractivity contribution >= 4 is 20.0 Å². The first-order valence-corrected chi connectivity index (χ1v) is 11.9. The topological polar surface area (TPSA) is 116 Å². The van der Waals surface area contributed by atoms with E-state index in [4.69, 9.17) is 0 Å². The maximum absolute atomic E-state index is 12.0. The van der Waals surface area contributed by atoms with Gasteiger partial charge in [0.15, 0.2) is 0 Å². The molecule has 0 unspecified atom stereocenters. The molecule has 2 aromatic carbocycles. The van der Waals surface area contributed by atoms with Crippen LogP contribution >= 0.6 is 0 Å². The second kappa shape index (κ2) is 11.2. The van der Waals surface area contributed by atoms with Gasteiger partial charge in [0.1, 0.15) is 0 Å². The first kappa shape index (κ1) is 22.5. The van der Waals surface area contributed by atoms with Gasteiger partial charge in [-0.25, -0.2) is 26.3 Å². The SMILES string of the molecule is O=S(=O)(NCCNCCNCCNS(=O)(=O)c1ccccc1)c1ccccc1. The van der Waals surface area contributed by atoms with Gasteiger partial charge in [0, 0.05) is 39.3 Å². The fourth-order valence-electron chi connectivity index (χ4n) is 2.34. The molecule has 0 aliphatic heterocycles. The minimum atomic E-state index is -3.47. The Kier molecular flexibility index (Phi) is 9.03. The van der Waals surface area contributed by atoms with Crippen molar-refractivity contribution in [3.8, 4) is 0 Å². The Morgan fingerprint density at radius 1 is 0.500 bits per heavy atom. The van der Waals surface area contributed by atoms with Crippen LogP contribution in [0.2, 0.25) is 0 Å². The van der Waals surface area contributed by atoms with Crippen molar-refractivity contribution in [2.45, 2.75) is 9.79 Å². The number of rotatable bonds is 13. The van der Waals surface area contributed by atoms with Gasteiger partial charge in [0.2, 0.25) is 20.0 Å². The molecule has 0 aliphatic carbocycles. The fraction of sp³-hybridized carbons (Fsp3) is 0.333. The van der Waals surface area contributed by atoms with Crippen LogP contribution in [0.25, 0.3) is 0 Å². The lowest BCUT2D eigenvalue weighted by Crippen LogP contribution is -2.37. The third-order valence-corrected chi connectivity index (χ3v) is 6.73. The van der Waals surface area contributed by atoms with Crippen LogP contribution in [0.3, 0.4) is 0 Å². The lowest BCUT2D eigenvalue weighted by Gasteiger charge is -2.09. The van der Waals surface area contributed by atoms with Gasteiger partial charge in [0.05, 0.1) is 9.79 Å². The van der Waals surface area contributed by atoms with Crippen molar-refractivity contribution in [3.05, 3.63) is 60.7 Å². The summed E-state index contributed by atoms with van der Waals surface area (Å²) < 4.78 is 53.1. The molecule has 0 aromatic heterocycles. The normalized spacial score (nSPS) is 12.1. The molecule has 8 nitrogen and oxygen atoms in total. The molecule has 10 heteroatoms. The van der Waals surface area contributed by atoms with Gasteiger partial charge in [-0.15, -0.1) is 0 Å². The zero-order valence-electron chi connectivity index (χ0n) is 15.5. The van der Waals surface area contributed by atoms with Crippen LogP contribution in [0.5, 0.6) is 0 Å². The number of sulfonamides is 2. The van der Waals surface area contributed by atoms with Gasteiger partial charge in [-0.05, 0) is 24.3 Å². The monoisotopic (exact) mass is 426 g/mol. The van der Waals surface area contributed by atoms with E-state index in [0.29, 0.717) is 26.2 Å². The minimum Gasteiger partial charge on any atom is -0.314 e. The summed E-state index contributed by atoms with van der Waals surface area (Å²) in [6, 6.07) is 16.4. The van der Waals surface area contributed by atoms with E-state index in [1.807, 2.05) is 0 Å². The number of hydrogen-bond acceptors (Lipinski definition) is 6. The Hall–Kier alpha value is -1.82. The molecule has 0 radical (unpaired) electrons. The van der Waals surface area contributed by atoms with Gasteiger partial charge >= 0.3 is 0 Å². The molecular weight excluding hydrogens is 400 g/mol. The number of nitrogens with one attached hydrogen (secondary N) is 4. The van der Waals surface area contributed by atoms with Gasteiger partial charge < -0.3 is 10.6 Å². The van der Waals surface area contributed by atoms with Crippen LogP contribution in [-0.2, 0) is 20.0 Å². The highest BCUT2D eigenvalue weighted by molar-refractivity contribution is 7.89. The molecular formula is C18H26N4O4S2. The lowest BCUT2D eigenvalue weighted by molar-refractivity contribution is 0.564. The average molecular weight is 427 g/mol. The summed E-state index contributed by atoms with van der Waals surface area (Å²) in [7, 11) is -6.95. The molecule has 0 heterocycles. The largest absolute Gasteiger partial charge is 0.314 e. The predicted molar refractivity (Wildman–Crippen MR) is 109 cm³/mol. The summed E-state index contributed by atoms with van der Waals surface area (Å²) >= 11 is 0. The molecule has 28 heavy (non-hydrogen) atoms. The molecule has 2 rings (SSSR count). The Balaban J connectivity index is 1.51. The number of hydrogen-bond donors (Lipinski definition) is 4. The molecule has 0 amide bonds. The van der Waals surface area contributed by atoms with E-state index in [1.165, 1.54) is 0 Å².